The summed E-state index contributed by atoms with van der Waals surface area (Å²) in [7, 11) is 0. The maximum Gasteiger partial charge on any atom is 0.120 e. The summed E-state index contributed by atoms with van der Waals surface area (Å²) in [5.41, 5.74) is 1.02. The van der Waals surface area contributed by atoms with Crippen LogP contribution in [0.3, 0.4) is 0 Å². The third-order valence-corrected chi connectivity index (χ3v) is 4.93. The number of hydrogen-bond donors (Lipinski definition) is 2. The van der Waals surface area contributed by atoms with Crippen molar-refractivity contribution in [1.82, 2.24) is 10.2 Å². The number of nitrogens with one attached hydrogen (secondary N) is 1. The average molecular weight is 368 g/mol. The maximum atomic E-state index is 10.3. The molecule has 126 valence electrons. The predicted molar refractivity (Wildman–Crippen MR) is 96.8 cm³/mol. The minimum Gasteiger partial charge on any atom is -0.508 e. The smallest absolute Gasteiger partial charge is 0.120 e. The molecule has 2 N–H and O–H groups in total. The molecule has 0 spiro atoms. The van der Waals surface area contributed by atoms with Crippen molar-refractivity contribution >= 4 is 36.4 Å². The number of halogens is 3. The van der Waals surface area contributed by atoms with Crippen molar-refractivity contribution in [1.29, 1.82) is 0 Å². The summed E-state index contributed by atoms with van der Waals surface area (Å²) >= 11 is 6.16. The van der Waals surface area contributed by atoms with Crippen molar-refractivity contribution in [3.05, 3.63) is 28.8 Å². The van der Waals surface area contributed by atoms with Crippen LogP contribution in [0.25, 0.3) is 0 Å². The molecule has 1 aromatic carbocycles. The van der Waals surface area contributed by atoms with Crippen molar-refractivity contribution in [2.24, 2.45) is 5.92 Å². The molecule has 3 nitrogen and oxygen atoms in total. The fourth-order valence-electron chi connectivity index (χ4n) is 3.74. The Bertz CT molecular complexity index is 461. The monoisotopic (exact) mass is 366 g/mol. The first-order valence-electron chi connectivity index (χ1n) is 7.69. The first-order valence-corrected chi connectivity index (χ1v) is 8.06. The van der Waals surface area contributed by atoms with Gasteiger partial charge in [0.1, 0.15) is 5.75 Å². The standard InChI is InChI=1S/C16H23ClN2O.2ClH/c17-13-5-6-15(20)14(11-13)16(12-3-1-2-4-12)19-9-7-18-8-10-19;;/h5-6,11-12,16,18,20H,1-4,7-10H2;2*1H/t16-;;/m0../s1. The molecule has 2 fully saturated rings. The molecule has 1 heterocycles. The number of hydrogen-bond acceptors (Lipinski definition) is 3. The number of piperazine rings is 1. The van der Waals surface area contributed by atoms with Gasteiger partial charge in [0.2, 0.25) is 0 Å². The van der Waals surface area contributed by atoms with Crippen molar-refractivity contribution in [2.45, 2.75) is 31.7 Å². The van der Waals surface area contributed by atoms with Crippen LogP contribution in [0.4, 0.5) is 0 Å². The van der Waals surface area contributed by atoms with Crippen molar-refractivity contribution in [3.8, 4) is 5.75 Å². The Labute approximate surface area is 150 Å². The lowest BCUT2D eigenvalue weighted by Crippen LogP contribution is -2.46. The lowest BCUT2D eigenvalue weighted by Gasteiger charge is -2.39. The molecular weight excluding hydrogens is 343 g/mol. The van der Waals surface area contributed by atoms with E-state index in [-0.39, 0.29) is 24.8 Å². The Morgan fingerprint density at radius 1 is 1.14 bits per heavy atom. The number of benzene rings is 1. The van der Waals surface area contributed by atoms with Crippen LogP contribution in [0, 0.1) is 5.92 Å². The fraction of sp³-hybridized carbons (Fsp3) is 0.625. The number of phenolic OH excluding ortho intramolecular Hbond substituents is 1. The molecule has 0 amide bonds. The van der Waals surface area contributed by atoms with Crippen LogP contribution >= 0.6 is 36.4 Å². The molecule has 1 aliphatic heterocycles. The second-order valence-electron chi connectivity index (χ2n) is 5.98. The summed E-state index contributed by atoms with van der Waals surface area (Å²) in [4.78, 5) is 2.53. The summed E-state index contributed by atoms with van der Waals surface area (Å²) in [5.74, 6) is 1.04. The van der Waals surface area contributed by atoms with E-state index in [0.29, 0.717) is 17.7 Å². The zero-order valence-electron chi connectivity index (χ0n) is 12.6. The van der Waals surface area contributed by atoms with Crippen molar-refractivity contribution < 1.29 is 5.11 Å². The van der Waals surface area contributed by atoms with Crippen LogP contribution in [0.5, 0.6) is 5.75 Å². The zero-order chi connectivity index (χ0) is 13.9. The summed E-state index contributed by atoms with van der Waals surface area (Å²) in [5, 5.41) is 14.4. The topological polar surface area (TPSA) is 35.5 Å². The number of aromatic hydroxyl groups is 1. The molecule has 1 aromatic rings. The molecule has 22 heavy (non-hydrogen) atoms. The van der Waals surface area contributed by atoms with Gasteiger partial charge in [-0.15, -0.1) is 24.8 Å². The lowest BCUT2D eigenvalue weighted by atomic mass is 9.89. The quantitative estimate of drug-likeness (QED) is 0.847. The van der Waals surface area contributed by atoms with Crippen molar-refractivity contribution in [2.75, 3.05) is 26.2 Å². The predicted octanol–water partition coefficient (Wildman–Crippen LogP) is 4.03. The molecular formula is C16H25Cl3N2O. The van der Waals surface area contributed by atoms with Gasteiger partial charge in [0.25, 0.3) is 0 Å². The SMILES string of the molecule is Cl.Cl.Oc1ccc(Cl)cc1[C@H](C1CCCC1)N1CCNCC1. The molecule has 2 aliphatic rings. The highest BCUT2D eigenvalue weighted by Gasteiger charge is 2.33. The molecule has 3 rings (SSSR count). The fourth-order valence-corrected chi connectivity index (χ4v) is 3.93. The van der Waals surface area contributed by atoms with Gasteiger partial charge >= 0.3 is 0 Å². The molecule has 0 radical (unpaired) electrons. The second kappa shape index (κ2) is 9.19. The van der Waals surface area contributed by atoms with Crippen LogP contribution < -0.4 is 5.32 Å². The van der Waals surface area contributed by atoms with Gasteiger partial charge in [-0.05, 0) is 37.0 Å². The Morgan fingerprint density at radius 2 is 1.77 bits per heavy atom. The highest BCUT2D eigenvalue weighted by molar-refractivity contribution is 6.30. The van der Waals surface area contributed by atoms with Crippen LogP contribution in [0.2, 0.25) is 5.02 Å². The minimum atomic E-state index is 0. The summed E-state index contributed by atoms with van der Waals surface area (Å²) in [6.45, 7) is 4.16. The largest absolute Gasteiger partial charge is 0.508 e. The van der Waals surface area contributed by atoms with Crippen LogP contribution in [0.1, 0.15) is 37.3 Å². The van der Waals surface area contributed by atoms with E-state index in [1.54, 1.807) is 12.1 Å². The molecule has 1 saturated carbocycles. The number of phenols is 1. The van der Waals surface area contributed by atoms with E-state index >= 15 is 0 Å². The van der Waals surface area contributed by atoms with Gasteiger partial charge in [-0.3, -0.25) is 4.90 Å². The Hall–Kier alpha value is -0.190. The molecule has 0 unspecified atom stereocenters. The Kier molecular flexibility index (Phi) is 8.29. The number of rotatable bonds is 3. The van der Waals surface area contributed by atoms with Crippen molar-refractivity contribution in [3.63, 3.8) is 0 Å². The Balaban J connectivity index is 0.00000121. The lowest BCUT2D eigenvalue weighted by molar-refractivity contribution is 0.123. The molecule has 0 aromatic heterocycles. The summed E-state index contributed by atoms with van der Waals surface area (Å²) in [6, 6.07) is 5.78. The van der Waals surface area contributed by atoms with E-state index < -0.39 is 0 Å². The van der Waals surface area contributed by atoms with E-state index in [2.05, 4.69) is 10.2 Å². The van der Waals surface area contributed by atoms with Gasteiger partial charge in [0.05, 0.1) is 0 Å². The average Bonchev–Trinajstić information content (AvgIpc) is 2.98. The van der Waals surface area contributed by atoms with Gasteiger partial charge in [-0.2, -0.15) is 0 Å². The Morgan fingerprint density at radius 3 is 2.41 bits per heavy atom. The van der Waals surface area contributed by atoms with Gasteiger partial charge < -0.3 is 10.4 Å². The highest BCUT2D eigenvalue weighted by atomic mass is 35.5. The van der Waals surface area contributed by atoms with Crippen LogP contribution in [0.15, 0.2) is 18.2 Å². The molecule has 1 saturated heterocycles. The van der Waals surface area contributed by atoms with E-state index in [4.69, 9.17) is 11.6 Å². The normalized spacial score (nSPS) is 21.0. The third-order valence-electron chi connectivity index (χ3n) is 4.70. The van der Waals surface area contributed by atoms with Crippen LogP contribution in [-0.2, 0) is 0 Å². The van der Waals surface area contributed by atoms with E-state index in [1.807, 2.05) is 6.07 Å². The van der Waals surface area contributed by atoms with Gasteiger partial charge in [0.15, 0.2) is 0 Å². The van der Waals surface area contributed by atoms with Gasteiger partial charge in [-0.1, -0.05) is 24.4 Å². The van der Waals surface area contributed by atoms with Crippen LogP contribution in [-0.4, -0.2) is 36.2 Å². The number of nitrogens with zero attached hydrogens (tertiary/aromatic N) is 1. The minimum absolute atomic E-state index is 0. The summed E-state index contributed by atoms with van der Waals surface area (Å²) in [6.07, 6.45) is 5.16. The first kappa shape index (κ1) is 19.9. The van der Waals surface area contributed by atoms with Gasteiger partial charge in [0, 0.05) is 42.8 Å². The second-order valence-corrected chi connectivity index (χ2v) is 6.41. The maximum absolute atomic E-state index is 10.3. The highest BCUT2D eigenvalue weighted by Crippen LogP contribution is 2.43. The molecule has 1 aliphatic carbocycles. The molecule has 0 bridgehead atoms. The summed E-state index contributed by atoms with van der Waals surface area (Å²) < 4.78 is 0. The third kappa shape index (κ3) is 4.42. The van der Waals surface area contributed by atoms with E-state index in [1.165, 1.54) is 25.7 Å². The molecule has 6 heteroatoms. The van der Waals surface area contributed by atoms with Gasteiger partial charge in [-0.25, -0.2) is 0 Å². The molecule has 1 atom stereocenters. The first-order chi connectivity index (χ1) is 9.75. The zero-order valence-corrected chi connectivity index (χ0v) is 15.0. The van der Waals surface area contributed by atoms with E-state index in [9.17, 15) is 5.11 Å². The van der Waals surface area contributed by atoms with E-state index in [0.717, 1.165) is 36.8 Å².